The zero-order valence-electron chi connectivity index (χ0n) is 16.9. The van der Waals surface area contributed by atoms with E-state index < -0.39 is 17.2 Å². The second-order valence-corrected chi connectivity index (χ2v) is 8.21. The van der Waals surface area contributed by atoms with Gasteiger partial charge in [-0.25, -0.2) is 4.79 Å². The normalized spacial score (nSPS) is 17.0. The van der Waals surface area contributed by atoms with E-state index in [9.17, 15) is 9.59 Å². The molecule has 2 rings (SSSR count). The molecule has 1 saturated carbocycles. The molecule has 8 heteroatoms. The third-order valence-electron chi connectivity index (χ3n) is 4.54. The first-order valence-corrected chi connectivity index (χ1v) is 9.79. The molecule has 0 bridgehead atoms. The van der Waals surface area contributed by atoms with Crippen LogP contribution in [0.1, 0.15) is 83.9 Å². The summed E-state index contributed by atoms with van der Waals surface area (Å²) in [6, 6.07) is 0. The van der Waals surface area contributed by atoms with Crippen LogP contribution in [0, 0.1) is 6.92 Å². The van der Waals surface area contributed by atoms with Crippen molar-refractivity contribution in [3.8, 4) is 0 Å². The van der Waals surface area contributed by atoms with Crippen LogP contribution in [0.4, 0.5) is 4.79 Å². The van der Waals surface area contributed by atoms with Crippen LogP contribution in [0.2, 0.25) is 0 Å². The van der Waals surface area contributed by atoms with Gasteiger partial charge >= 0.3 is 6.09 Å². The van der Waals surface area contributed by atoms with Gasteiger partial charge in [0.1, 0.15) is 11.1 Å². The highest BCUT2D eigenvalue weighted by Gasteiger charge is 2.38. The number of amides is 2. The highest BCUT2D eigenvalue weighted by molar-refractivity contribution is 5.77. The molecular weight excluding hydrogens is 348 g/mol. The Kier molecular flexibility index (Phi) is 7.21. The zero-order valence-corrected chi connectivity index (χ0v) is 16.9. The monoisotopic (exact) mass is 380 g/mol. The van der Waals surface area contributed by atoms with Gasteiger partial charge in [-0.15, -0.1) is 0 Å². The van der Waals surface area contributed by atoms with E-state index in [1.165, 1.54) is 0 Å². The maximum Gasteiger partial charge on any atom is 0.407 e. The molecule has 0 unspecified atom stereocenters. The summed E-state index contributed by atoms with van der Waals surface area (Å²) in [7, 11) is 0. The van der Waals surface area contributed by atoms with Crippen LogP contribution in [-0.4, -0.2) is 34.3 Å². The van der Waals surface area contributed by atoms with Gasteiger partial charge in [-0.2, -0.15) is 4.98 Å². The summed E-state index contributed by atoms with van der Waals surface area (Å²) >= 11 is 0. The second kappa shape index (κ2) is 9.19. The Morgan fingerprint density at radius 2 is 1.85 bits per heavy atom. The molecule has 0 aliphatic heterocycles. The maximum atomic E-state index is 12.5. The van der Waals surface area contributed by atoms with Crippen LogP contribution in [-0.2, 0) is 15.1 Å². The molecular formula is C19H32N4O4. The predicted octanol–water partition coefficient (Wildman–Crippen LogP) is 3.35. The molecule has 0 atom stereocenters. The molecule has 1 aliphatic carbocycles. The number of alkyl carbamates (subject to hydrolysis) is 1. The van der Waals surface area contributed by atoms with Gasteiger partial charge in [-0.05, 0) is 40.0 Å². The smallest absolute Gasteiger partial charge is 0.407 e. The number of hydrogen-bond acceptors (Lipinski definition) is 6. The Bertz CT molecular complexity index is 628. The van der Waals surface area contributed by atoms with Crippen molar-refractivity contribution in [2.45, 2.75) is 90.2 Å². The number of carbonyl (C=O) groups excluding carboxylic acids is 2. The summed E-state index contributed by atoms with van der Waals surface area (Å²) in [5.41, 5.74) is -1.08. The van der Waals surface area contributed by atoms with Crippen molar-refractivity contribution in [1.82, 2.24) is 20.8 Å². The molecule has 0 spiro atoms. The molecule has 1 heterocycles. The lowest BCUT2D eigenvalue weighted by molar-refractivity contribution is -0.123. The van der Waals surface area contributed by atoms with Crippen LogP contribution in [0.5, 0.6) is 0 Å². The number of aromatic nitrogens is 2. The summed E-state index contributed by atoms with van der Waals surface area (Å²) in [5, 5.41) is 9.92. The molecule has 27 heavy (non-hydrogen) atoms. The van der Waals surface area contributed by atoms with Crippen molar-refractivity contribution < 1.29 is 18.8 Å². The number of carbonyl (C=O) groups is 2. The fourth-order valence-electron chi connectivity index (χ4n) is 3.31. The molecule has 1 aromatic rings. The summed E-state index contributed by atoms with van der Waals surface area (Å²) in [5.74, 6) is 1.01. The SMILES string of the molecule is Cc1nc(C2(NC(=O)CCCNC(=O)OC(C)(C)C)CCCCCC2)no1. The van der Waals surface area contributed by atoms with E-state index >= 15 is 0 Å². The molecule has 0 aromatic carbocycles. The fraction of sp³-hybridized carbons (Fsp3) is 0.789. The minimum Gasteiger partial charge on any atom is -0.444 e. The lowest BCUT2D eigenvalue weighted by atomic mass is 9.89. The molecule has 152 valence electrons. The average molecular weight is 380 g/mol. The second-order valence-electron chi connectivity index (χ2n) is 8.21. The van der Waals surface area contributed by atoms with Gasteiger partial charge in [-0.3, -0.25) is 4.79 Å². The molecule has 1 aliphatic rings. The van der Waals surface area contributed by atoms with Crippen molar-refractivity contribution >= 4 is 12.0 Å². The van der Waals surface area contributed by atoms with Crippen LogP contribution >= 0.6 is 0 Å². The number of rotatable bonds is 6. The first-order chi connectivity index (χ1) is 12.7. The van der Waals surface area contributed by atoms with Crippen molar-refractivity contribution in [2.24, 2.45) is 0 Å². The predicted molar refractivity (Wildman–Crippen MR) is 100 cm³/mol. The topological polar surface area (TPSA) is 106 Å². The van der Waals surface area contributed by atoms with E-state index in [-0.39, 0.29) is 5.91 Å². The Balaban J connectivity index is 1.86. The van der Waals surface area contributed by atoms with E-state index in [4.69, 9.17) is 9.26 Å². The summed E-state index contributed by atoms with van der Waals surface area (Å²) in [6.45, 7) is 7.57. The lowest BCUT2D eigenvalue weighted by Gasteiger charge is -2.30. The summed E-state index contributed by atoms with van der Waals surface area (Å²) in [4.78, 5) is 28.6. The first-order valence-electron chi connectivity index (χ1n) is 9.79. The van der Waals surface area contributed by atoms with Crippen molar-refractivity contribution in [2.75, 3.05) is 6.54 Å². The minimum atomic E-state index is -0.552. The van der Waals surface area contributed by atoms with Gasteiger partial charge in [0.2, 0.25) is 11.8 Å². The highest BCUT2D eigenvalue weighted by Crippen LogP contribution is 2.34. The quantitative estimate of drug-likeness (QED) is 0.579. The highest BCUT2D eigenvalue weighted by atomic mass is 16.6. The number of nitrogens with zero attached hydrogens (tertiary/aromatic N) is 2. The third-order valence-corrected chi connectivity index (χ3v) is 4.54. The summed E-state index contributed by atoms with van der Waals surface area (Å²) < 4.78 is 10.3. The Morgan fingerprint density at radius 3 is 2.41 bits per heavy atom. The van der Waals surface area contributed by atoms with Gasteiger partial charge in [-0.1, -0.05) is 30.8 Å². The van der Waals surface area contributed by atoms with Crippen molar-refractivity contribution in [1.29, 1.82) is 0 Å². The largest absolute Gasteiger partial charge is 0.444 e. The van der Waals surface area contributed by atoms with Gasteiger partial charge in [0.25, 0.3) is 0 Å². The maximum absolute atomic E-state index is 12.5. The third kappa shape index (κ3) is 6.84. The molecule has 8 nitrogen and oxygen atoms in total. The molecule has 0 saturated heterocycles. The fourth-order valence-corrected chi connectivity index (χ4v) is 3.31. The molecule has 0 radical (unpaired) electrons. The van der Waals surface area contributed by atoms with Crippen LogP contribution < -0.4 is 10.6 Å². The van der Waals surface area contributed by atoms with Crippen LogP contribution in [0.3, 0.4) is 0 Å². The molecule has 1 aromatic heterocycles. The number of ether oxygens (including phenoxy) is 1. The van der Waals surface area contributed by atoms with Crippen molar-refractivity contribution in [3.63, 3.8) is 0 Å². The standard InChI is InChI=1S/C19H32N4O4/c1-14-21-16(23-27-14)19(11-7-5-6-8-12-19)22-15(24)10-9-13-20-17(25)26-18(2,3)4/h5-13H2,1-4H3,(H,20,25)(H,22,24). The van der Waals surface area contributed by atoms with E-state index in [2.05, 4.69) is 20.8 Å². The van der Waals surface area contributed by atoms with Gasteiger partial charge < -0.3 is 19.9 Å². The lowest BCUT2D eigenvalue weighted by Crippen LogP contribution is -2.46. The van der Waals surface area contributed by atoms with Gasteiger partial charge in [0.15, 0.2) is 5.82 Å². The Morgan fingerprint density at radius 1 is 1.19 bits per heavy atom. The molecule has 2 amide bonds. The average Bonchev–Trinajstić information content (AvgIpc) is 2.86. The van der Waals surface area contributed by atoms with E-state index in [0.29, 0.717) is 31.1 Å². The van der Waals surface area contributed by atoms with E-state index in [1.54, 1.807) is 6.92 Å². The minimum absolute atomic E-state index is 0.0645. The molecule has 2 N–H and O–H groups in total. The van der Waals surface area contributed by atoms with E-state index in [0.717, 1.165) is 38.5 Å². The van der Waals surface area contributed by atoms with Crippen LogP contribution in [0.25, 0.3) is 0 Å². The Labute approximate surface area is 160 Å². The number of aryl methyl sites for hydroxylation is 1. The van der Waals surface area contributed by atoms with Gasteiger partial charge in [0.05, 0.1) is 0 Å². The van der Waals surface area contributed by atoms with Gasteiger partial charge in [0, 0.05) is 19.9 Å². The molecule has 1 fully saturated rings. The zero-order chi connectivity index (χ0) is 19.9. The number of hydrogen-bond donors (Lipinski definition) is 2. The summed E-state index contributed by atoms with van der Waals surface area (Å²) in [6.07, 6.45) is 6.35. The number of nitrogens with one attached hydrogen (secondary N) is 2. The first kappa shape index (κ1) is 21.2. The van der Waals surface area contributed by atoms with E-state index in [1.807, 2.05) is 20.8 Å². The Hall–Kier alpha value is -2.12. The van der Waals surface area contributed by atoms with Crippen LogP contribution in [0.15, 0.2) is 4.52 Å². The van der Waals surface area contributed by atoms with Crippen molar-refractivity contribution in [3.05, 3.63) is 11.7 Å².